The van der Waals surface area contributed by atoms with Gasteiger partial charge in [0.1, 0.15) is 0 Å². The molecule has 188 valence electrons. The first kappa shape index (κ1) is 28.9. The van der Waals surface area contributed by atoms with E-state index in [0.29, 0.717) is 33.5 Å². The maximum atomic E-state index is 11.0. The molecule has 1 heterocycles. The smallest absolute Gasteiger partial charge is 0.151 e. The van der Waals surface area contributed by atoms with Crippen LogP contribution in [0.4, 0.5) is 5.69 Å². The second-order valence-corrected chi connectivity index (χ2v) is 10.1. The van der Waals surface area contributed by atoms with Gasteiger partial charge in [-0.05, 0) is 94.6 Å². The topological polar surface area (TPSA) is 67.6 Å². The number of piperidine rings is 1. The molecule has 2 aromatic rings. The van der Waals surface area contributed by atoms with Crippen LogP contribution in [0.25, 0.3) is 6.08 Å². The monoisotopic (exact) mass is 515 g/mol. The van der Waals surface area contributed by atoms with Crippen molar-refractivity contribution in [3.05, 3.63) is 68.2 Å². The van der Waals surface area contributed by atoms with E-state index in [2.05, 4.69) is 18.0 Å². The second kappa shape index (κ2) is 13.7. The van der Waals surface area contributed by atoms with Crippen molar-refractivity contribution < 1.29 is 9.90 Å². The lowest BCUT2D eigenvalue weighted by atomic mass is 9.93. The van der Waals surface area contributed by atoms with Crippen LogP contribution in [0.1, 0.15) is 52.4 Å². The Morgan fingerprint density at radius 1 is 1.26 bits per heavy atom. The van der Waals surface area contributed by atoms with Crippen LogP contribution in [0.2, 0.25) is 10.0 Å². The largest absolute Gasteiger partial charge is 0.393 e. The van der Waals surface area contributed by atoms with Gasteiger partial charge in [0.25, 0.3) is 0 Å². The minimum Gasteiger partial charge on any atom is -0.393 e. The minimum atomic E-state index is -0.103. The molecule has 0 aromatic heterocycles. The average molecular weight is 517 g/mol. The lowest BCUT2D eigenvalue weighted by molar-refractivity contribution is 0.0797. The Morgan fingerprint density at radius 2 is 1.91 bits per heavy atom. The normalized spacial score (nSPS) is 15.3. The molecule has 0 radical (unpaired) electrons. The molecule has 1 unspecified atom stereocenters. The van der Waals surface area contributed by atoms with Gasteiger partial charge in [0.05, 0.1) is 22.8 Å². The summed E-state index contributed by atoms with van der Waals surface area (Å²) in [6, 6.07) is 9.19. The second-order valence-electron chi connectivity index (χ2n) is 9.27. The van der Waals surface area contributed by atoms with E-state index in [1.807, 2.05) is 57.1 Å². The fourth-order valence-electron chi connectivity index (χ4n) is 4.13. The lowest BCUT2D eigenvalue weighted by Crippen LogP contribution is -2.34. The first-order chi connectivity index (χ1) is 16.6. The van der Waals surface area contributed by atoms with Crippen LogP contribution in [-0.4, -0.2) is 56.6 Å². The zero-order valence-corrected chi connectivity index (χ0v) is 22.7. The van der Waals surface area contributed by atoms with Crippen molar-refractivity contribution in [3.8, 4) is 6.07 Å². The van der Waals surface area contributed by atoms with Crippen molar-refractivity contribution >= 4 is 41.3 Å². The Labute approximate surface area is 219 Å². The summed E-state index contributed by atoms with van der Waals surface area (Å²) < 4.78 is 0. The molecule has 1 aliphatic heterocycles. The van der Waals surface area contributed by atoms with Crippen LogP contribution < -0.4 is 4.90 Å². The molecular weight excluding hydrogens is 481 g/mol. The van der Waals surface area contributed by atoms with Gasteiger partial charge >= 0.3 is 0 Å². The predicted molar refractivity (Wildman–Crippen MR) is 147 cm³/mol. The number of benzene rings is 2. The van der Waals surface area contributed by atoms with E-state index in [4.69, 9.17) is 28.5 Å². The lowest BCUT2D eigenvalue weighted by Gasteiger charge is -2.30. The molecule has 0 bridgehead atoms. The van der Waals surface area contributed by atoms with Gasteiger partial charge in [0.2, 0.25) is 0 Å². The number of allylic oxidation sites excluding steroid dienone is 1. The molecule has 1 atom stereocenters. The van der Waals surface area contributed by atoms with Crippen LogP contribution in [-0.2, 0) is 6.42 Å². The molecule has 1 aliphatic rings. The Balaban J connectivity index is 0.000000360. The Kier molecular flexibility index (Phi) is 11.3. The van der Waals surface area contributed by atoms with Gasteiger partial charge in [-0.2, -0.15) is 5.26 Å². The third-order valence-corrected chi connectivity index (χ3v) is 7.17. The van der Waals surface area contributed by atoms with Crippen molar-refractivity contribution in [3.63, 3.8) is 0 Å². The fourth-order valence-corrected chi connectivity index (χ4v) is 4.70. The van der Waals surface area contributed by atoms with Gasteiger partial charge in [-0.1, -0.05) is 35.4 Å². The summed E-state index contributed by atoms with van der Waals surface area (Å²) in [5.74, 6) is 0.552. The third kappa shape index (κ3) is 8.08. The number of nitriles is 1. The maximum Gasteiger partial charge on any atom is 0.151 e. The molecule has 0 spiro atoms. The number of hydrogen-bond donors (Lipinski definition) is 1. The number of anilines is 1. The van der Waals surface area contributed by atoms with Crippen molar-refractivity contribution in [1.82, 2.24) is 4.90 Å². The van der Waals surface area contributed by atoms with E-state index in [1.165, 1.54) is 0 Å². The number of hydrogen-bond acceptors (Lipinski definition) is 5. The van der Waals surface area contributed by atoms with Crippen LogP contribution in [0.3, 0.4) is 0 Å². The summed E-state index contributed by atoms with van der Waals surface area (Å²) in [5, 5.41) is 19.3. The quantitative estimate of drug-likeness (QED) is 0.476. The molecule has 3 rings (SSSR count). The zero-order valence-electron chi connectivity index (χ0n) is 21.2. The summed E-state index contributed by atoms with van der Waals surface area (Å²) in [4.78, 5) is 15.3. The molecule has 1 N–H and O–H groups in total. The van der Waals surface area contributed by atoms with E-state index >= 15 is 0 Å². The number of nitrogens with zero attached hydrogens (tertiary/aromatic N) is 3. The van der Waals surface area contributed by atoms with Crippen molar-refractivity contribution in [2.45, 2.75) is 39.2 Å². The highest BCUT2D eigenvalue weighted by Crippen LogP contribution is 2.30. The number of carbonyl (C=O) groups excluding carboxylic acids is 1. The molecule has 0 amide bonds. The number of aryl methyl sites for hydroxylation is 1. The molecule has 1 saturated heterocycles. The molecule has 35 heavy (non-hydrogen) atoms. The number of aldehydes is 1. The summed E-state index contributed by atoms with van der Waals surface area (Å²) in [5.41, 5.74) is 4.79. The van der Waals surface area contributed by atoms with Crippen molar-refractivity contribution in [2.24, 2.45) is 5.92 Å². The standard InChI is InChI=1S/C20H18Cl2N2O.C8H17NO/c1-13-9-14(11-23)10-19(24(2)3)16(13)5-4-6-17-18(21)8-7-15(12-25)20(17)22;1-7(10)8-3-5-9(2)6-4-8/h4-5,7-10,12H,6H2,1-3H3;7-8,10H,3-6H2,1-2H3/b5-4+;. The van der Waals surface area contributed by atoms with E-state index in [-0.39, 0.29) is 6.10 Å². The molecule has 2 aromatic carbocycles. The third-order valence-electron chi connectivity index (χ3n) is 6.37. The van der Waals surface area contributed by atoms with Crippen molar-refractivity contribution in [2.75, 3.05) is 39.1 Å². The molecule has 0 saturated carbocycles. The minimum absolute atomic E-state index is 0.103. The molecule has 0 aliphatic carbocycles. The maximum absolute atomic E-state index is 11.0. The van der Waals surface area contributed by atoms with E-state index in [0.717, 1.165) is 54.6 Å². The van der Waals surface area contributed by atoms with Crippen molar-refractivity contribution in [1.29, 1.82) is 5.26 Å². The summed E-state index contributed by atoms with van der Waals surface area (Å²) in [6.45, 7) is 6.17. The summed E-state index contributed by atoms with van der Waals surface area (Å²) in [6.07, 6.45) is 7.40. The van der Waals surface area contributed by atoms with E-state index < -0.39 is 0 Å². The predicted octanol–water partition coefficient (Wildman–Crippen LogP) is 6.02. The first-order valence-electron chi connectivity index (χ1n) is 11.8. The Morgan fingerprint density at radius 3 is 2.46 bits per heavy atom. The van der Waals surface area contributed by atoms with E-state index in [9.17, 15) is 9.90 Å². The number of rotatable bonds is 6. The highest BCUT2D eigenvalue weighted by Gasteiger charge is 2.20. The number of likely N-dealkylation sites (tertiary alicyclic amines) is 1. The number of aliphatic hydroxyl groups excluding tert-OH is 1. The van der Waals surface area contributed by atoms with Crippen LogP contribution >= 0.6 is 23.2 Å². The Bertz CT molecular complexity index is 1080. The van der Waals surface area contributed by atoms with Crippen LogP contribution in [0.15, 0.2) is 30.3 Å². The molecule has 7 heteroatoms. The molecule has 1 fully saturated rings. The van der Waals surface area contributed by atoms with E-state index in [1.54, 1.807) is 12.1 Å². The summed E-state index contributed by atoms with van der Waals surface area (Å²) >= 11 is 12.5. The molecular formula is C28H35Cl2N3O2. The zero-order chi connectivity index (χ0) is 26.1. The molecule has 5 nitrogen and oxygen atoms in total. The average Bonchev–Trinajstić information content (AvgIpc) is 2.82. The first-order valence-corrected chi connectivity index (χ1v) is 12.5. The highest BCUT2D eigenvalue weighted by molar-refractivity contribution is 6.37. The summed E-state index contributed by atoms with van der Waals surface area (Å²) in [7, 11) is 6.02. The van der Waals surface area contributed by atoms with Crippen LogP contribution in [0.5, 0.6) is 0 Å². The number of aliphatic hydroxyl groups is 1. The number of halogens is 2. The Hall–Kier alpha value is -2.36. The van der Waals surface area contributed by atoms with Gasteiger partial charge in [0, 0.05) is 35.9 Å². The van der Waals surface area contributed by atoms with Gasteiger partial charge in [0.15, 0.2) is 6.29 Å². The SMILES string of the molecule is CC(O)C1CCN(C)CC1.Cc1cc(C#N)cc(N(C)C)c1/C=C/Cc1c(Cl)ccc(C=O)c1Cl. The van der Waals surface area contributed by atoms with Gasteiger partial charge in [-0.3, -0.25) is 4.79 Å². The van der Waals surface area contributed by atoms with Gasteiger partial charge in [-0.25, -0.2) is 0 Å². The fraction of sp³-hybridized carbons (Fsp3) is 0.429. The van der Waals surface area contributed by atoms with Gasteiger partial charge < -0.3 is 14.9 Å². The van der Waals surface area contributed by atoms with Crippen LogP contribution in [0, 0.1) is 24.2 Å². The number of carbonyl (C=O) groups is 1. The van der Waals surface area contributed by atoms with Gasteiger partial charge in [-0.15, -0.1) is 0 Å². The highest BCUT2D eigenvalue weighted by atomic mass is 35.5.